The van der Waals surface area contributed by atoms with Crippen LogP contribution in [0.15, 0.2) is 18.3 Å². The first-order chi connectivity index (χ1) is 8.24. The van der Waals surface area contributed by atoms with Crippen molar-refractivity contribution in [3.63, 3.8) is 0 Å². The third-order valence-corrected chi connectivity index (χ3v) is 3.85. The summed E-state index contributed by atoms with van der Waals surface area (Å²) in [5.41, 5.74) is 8.89. The van der Waals surface area contributed by atoms with Gasteiger partial charge in [-0.3, -0.25) is 5.10 Å². The van der Waals surface area contributed by atoms with Gasteiger partial charge in [-0.05, 0) is 37.8 Å². The molecule has 1 aromatic heterocycles. The minimum absolute atomic E-state index is 0.492. The summed E-state index contributed by atoms with van der Waals surface area (Å²) in [5, 5.41) is 11.6. The number of hydrogen-bond donors (Lipinski definition) is 3. The van der Waals surface area contributed by atoms with Gasteiger partial charge in [0.05, 0.1) is 23.1 Å². The number of benzene rings is 1. The number of hydrogen-bond acceptors (Lipinski definition) is 3. The van der Waals surface area contributed by atoms with E-state index in [2.05, 4.69) is 22.4 Å². The molecule has 1 saturated carbocycles. The van der Waals surface area contributed by atoms with E-state index in [1.807, 2.05) is 12.1 Å². The Balaban J connectivity index is 1.85. The monoisotopic (exact) mass is 230 g/mol. The molecule has 0 saturated heterocycles. The second-order valence-corrected chi connectivity index (χ2v) is 5.02. The molecule has 1 atom stereocenters. The minimum Gasteiger partial charge on any atom is -0.397 e. The van der Waals surface area contributed by atoms with Crippen LogP contribution in [0.3, 0.4) is 0 Å². The summed E-state index contributed by atoms with van der Waals surface area (Å²) in [7, 11) is 0. The number of H-pyrrole nitrogens is 1. The van der Waals surface area contributed by atoms with E-state index in [0.717, 1.165) is 28.2 Å². The van der Waals surface area contributed by atoms with E-state index in [0.29, 0.717) is 6.04 Å². The number of nitrogens with one attached hydrogen (secondary N) is 2. The van der Waals surface area contributed by atoms with Crippen molar-refractivity contribution >= 4 is 22.3 Å². The van der Waals surface area contributed by atoms with Gasteiger partial charge >= 0.3 is 0 Å². The topological polar surface area (TPSA) is 66.7 Å². The molecule has 0 amide bonds. The Bertz CT molecular complexity index is 527. The van der Waals surface area contributed by atoms with E-state index in [1.165, 1.54) is 19.3 Å². The highest BCUT2D eigenvalue weighted by Gasteiger charge is 2.24. The lowest BCUT2D eigenvalue weighted by molar-refractivity contribution is 0.285. The fraction of sp³-hybridized carbons (Fsp3) is 0.462. The van der Waals surface area contributed by atoms with E-state index >= 15 is 0 Å². The van der Waals surface area contributed by atoms with Crippen molar-refractivity contribution in [1.82, 2.24) is 10.2 Å². The van der Waals surface area contributed by atoms with Crippen LogP contribution in [0.2, 0.25) is 0 Å². The molecule has 1 heterocycles. The SMILES string of the molecule is CC(Nc1cc2[nH]ncc2cc1N)C1CCC1. The normalized spacial score (nSPS) is 17.9. The van der Waals surface area contributed by atoms with Crippen molar-refractivity contribution in [2.75, 3.05) is 11.1 Å². The van der Waals surface area contributed by atoms with Crippen LogP contribution in [0, 0.1) is 5.92 Å². The molecule has 90 valence electrons. The van der Waals surface area contributed by atoms with Crippen LogP contribution >= 0.6 is 0 Å². The Kier molecular flexibility index (Phi) is 2.42. The molecule has 4 N–H and O–H groups in total. The van der Waals surface area contributed by atoms with Gasteiger partial charge in [0.25, 0.3) is 0 Å². The molecule has 0 spiro atoms. The van der Waals surface area contributed by atoms with Gasteiger partial charge in [0, 0.05) is 11.4 Å². The van der Waals surface area contributed by atoms with Gasteiger partial charge in [-0.2, -0.15) is 5.10 Å². The fourth-order valence-corrected chi connectivity index (χ4v) is 2.44. The minimum atomic E-state index is 0.492. The van der Waals surface area contributed by atoms with E-state index in [-0.39, 0.29) is 0 Å². The third-order valence-electron chi connectivity index (χ3n) is 3.85. The number of nitrogens with zero attached hydrogens (tertiary/aromatic N) is 1. The number of anilines is 2. The van der Waals surface area contributed by atoms with Gasteiger partial charge in [-0.15, -0.1) is 0 Å². The molecule has 1 fully saturated rings. The highest BCUT2D eigenvalue weighted by atomic mass is 15.1. The number of nitrogen functional groups attached to an aromatic ring is 1. The van der Waals surface area contributed by atoms with Crippen molar-refractivity contribution in [1.29, 1.82) is 0 Å². The van der Waals surface area contributed by atoms with Crippen LogP contribution < -0.4 is 11.1 Å². The number of rotatable bonds is 3. The van der Waals surface area contributed by atoms with E-state index in [1.54, 1.807) is 6.20 Å². The molecule has 1 aliphatic rings. The van der Waals surface area contributed by atoms with Crippen molar-refractivity contribution in [2.45, 2.75) is 32.2 Å². The molecule has 17 heavy (non-hydrogen) atoms. The summed E-state index contributed by atoms with van der Waals surface area (Å²) in [4.78, 5) is 0. The molecule has 0 radical (unpaired) electrons. The third kappa shape index (κ3) is 1.84. The number of nitrogens with two attached hydrogens (primary N) is 1. The van der Waals surface area contributed by atoms with Gasteiger partial charge in [0.1, 0.15) is 0 Å². The zero-order chi connectivity index (χ0) is 11.8. The Hall–Kier alpha value is -1.71. The summed E-state index contributed by atoms with van der Waals surface area (Å²) in [6.45, 7) is 2.24. The number of fused-ring (bicyclic) bond motifs is 1. The Morgan fingerprint density at radius 1 is 1.47 bits per heavy atom. The Morgan fingerprint density at radius 2 is 2.29 bits per heavy atom. The average molecular weight is 230 g/mol. The highest BCUT2D eigenvalue weighted by Crippen LogP contribution is 2.33. The quantitative estimate of drug-likeness (QED) is 0.710. The van der Waals surface area contributed by atoms with Crippen LogP contribution in [0.5, 0.6) is 0 Å². The second-order valence-electron chi connectivity index (χ2n) is 5.02. The lowest BCUT2D eigenvalue weighted by atomic mass is 9.80. The van der Waals surface area contributed by atoms with Crippen molar-refractivity contribution in [3.8, 4) is 0 Å². The molecule has 4 heteroatoms. The molecule has 1 aliphatic carbocycles. The van der Waals surface area contributed by atoms with E-state index in [9.17, 15) is 0 Å². The van der Waals surface area contributed by atoms with Gasteiger partial charge < -0.3 is 11.1 Å². The maximum Gasteiger partial charge on any atom is 0.0672 e. The van der Waals surface area contributed by atoms with Crippen molar-refractivity contribution < 1.29 is 0 Å². The van der Waals surface area contributed by atoms with E-state index in [4.69, 9.17) is 5.73 Å². The average Bonchev–Trinajstić information content (AvgIpc) is 2.62. The largest absolute Gasteiger partial charge is 0.397 e. The summed E-state index contributed by atoms with van der Waals surface area (Å²) in [5.74, 6) is 0.798. The predicted molar refractivity (Wildman–Crippen MR) is 70.9 cm³/mol. The zero-order valence-electron chi connectivity index (χ0n) is 10.0. The summed E-state index contributed by atoms with van der Waals surface area (Å²) in [6, 6.07) is 4.51. The highest BCUT2D eigenvalue weighted by molar-refractivity contribution is 5.88. The number of aromatic amines is 1. The molecular weight excluding hydrogens is 212 g/mol. The summed E-state index contributed by atoms with van der Waals surface area (Å²) >= 11 is 0. The molecular formula is C13H18N4. The molecule has 0 bridgehead atoms. The number of aromatic nitrogens is 2. The molecule has 0 aliphatic heterocycles. The van der Waals surface area contributed by atoms with Gasteiger partial charge in [-0.25, -0.2) is 0 Å². The molecule has 2 aromatic rings. The van der Waals surface area contributed by atoms with Crippen LogP contribution in [0.4, 0.5) is 11.4 Å². The first-order valence-electron chi connectivity index (χ1n) is 6.23. The standard InChI is InChI=1S/C13H18N4/c1-8(9-3-2-4-9)16-13-6-12-10(5-11(13)14)7-15-17-12/h5-9,16H,2-4,14H2,1H3,(H,15,17). The van der Waals surface area contributed by atoms with Gasteiger partial charge in [0.2, 0.25) is 0 Å². The second kappa shape index (κ2) is 3.95. The fourth-order valence-electron chi connectivity index (χ4n) is 2.44. The predicted octanol–water partition coefficient (Wildman–Crippen LogP) is 2.75. The lowest BCUT2D eigenvalue weighted by Gasteiger charge is -2.32. The first kappa shape index (κ1) is 10.4. The van der Waals surface area contributed by atoms with Crippen LogP contribution in [-0.2, 0) is 0 Å². The van der Waals surface area contributed by atoms with Crippen molar-refractivity contribution in [3.05, 3.63) is 18.3 Å². The zero-order valence-corrected chi connectivity index (χ0v) is 10.0. The van der Waals surface area contributed by atoms with Crippen LogP contribution in [0.1, 0.15) is 26.2 Å². The smallest absolute Gasteiger partial charge is 0.0672 e. The molecule has 4 nitrogen and oxygen atoms in total. The van der Waals surface area contributed by atoms with Gasteiger partial charge in [-0.1, -0.05) is 6.42 Å². The first-order valence-corrected chi connectivity index (χ1v) is 6.23. The Labute approximate surface area is 101 Å². The van der Waals surface area contributed by atoms with Crippen LogP contribution in [0.25, 0.3) is 10.9 Å². The maximum atomic E-state index is 6.05. The van der Waals surface area contributed by atoms with Crippen molar-refractivity contribution in [2.24, 2.45) is 5.92 Å². The Morgan fingerprint density at radius 3 is 3.00 bits per heavy atom. The van der Waals surface area contributed by atoms with Crippen LogP contribution in [-0.4, -0.2) is 16.2 Å². The molecule has 1 aromatic carbocycles. The summed E-state index contributed by atoms with van der Waals surface area (Å²) in [6.07, 6.45) is 5.83. The lowest BCUT2D eigenvalue weighted by Crippen LogP contribution is -2.31. The maximum absolute atomic E-state index is 6.05. The molecule has 1 unspecified atom stereocenters. The van der Waals surface area contributed by atoms with Gasteiger partial charge in [0.15, 0.2) is 0 Å². The van der Waals surface area contributed by atoms with E-state index < -0.39 is 0 Å². The summed E-state index contributed by atoms with van der Waals surface area (Å²) < 4.78 is 0. The molecule has 3 rings (SSSR count).